The fourth-order valence-corrected chi connectivity index (χ4v) is 6.08. The lowest BCUT2D eigenvalue weighted by Gasteiger charge is -2.27. The number of unbranched alkanes of at least 4 members (excludes halogenated alkanes) is 3. The second-order valence-electron chi connectivity index (χ2n) is 6.29. The van der Waals surface area contributed by atoms with Gasteiger partial charge in [-0.25, -0.2) is 8.42 Å². The van der Waals surface area contributed by atoms with E-state index >= 15 is 0 Å². The molecule has 0 saturated carbocycles. The van der Waals surface area contributed by atoms with Crippen LogP contribution in [0.2, 0.25) is 0 Å². The van der Waals surface area contributed by atoms with Crippen LogP contribution in [0.25, 0.3) is 0 Å². The van der Waals surface area contributed by atoms with Crippen molar-refractivity contribution in [1.29, 1.82) is 0 Å². The number of carbonyl (C=O) groups excluding carboxylic acids is 1. The molecule has 0 spiro atoms. The quantitative estimate of drug-likeness (QED) is 0.700. The number of hydrogen-bond acceptors (Lipinski definition) is 4. The summed E-state index contributed by atoms with van der Waals surface area (Å²) in [6.07, 6.45) is 4.33. The number of benzene rings is 1. The summed E-state index contributed by atoms with van der Waals surface area (Å²) in [6, 6.07) is 8.83. The molecular formula is C18H28N2O3S2. The molecule has 1 fully saturated rings. The first-order chi connectivity index (χ1) is 12.0. The summed E-state index contributed by atoms with van der Waals surface area (Å²) in [5.74, 6) is 0.955. The summed E-state index contributed by atoms with van der Waals surface area (Å²) in [7, 11) is -3.44. The highest BCUT2D eigenvalue weighted by Gasteiger charge is 2.36. The number of hydrogen-bond donors (Lipinski definition) is 1. The Balaban J connectivity index is 2.07. The van der Waals surface area contributed by atoms with E-state index in [1.54, 1.807) is 0 Å². The van der Waals surface area contributed by atoms with Gasteiger partial charge < -0.3 is 5.32 Å². The molecule has 1 aliphatic heterocycles. The molecule has 1 aliphatic rings. The maximum Gasteiger partial charge on any atom is 0.239 e. The highest BCUT2D eigenvalue weighted by atomic mass is 32.2. The van der Waals surface area contributed by atoms with Crippen LogP contribution >= 0.6 is 11.8 Å². The second kappa shape index (κ2) is 10.2. The molecular weight excluding hydrogens is 356 g/mol. The number of rotatable bonds is 8. The summed E-state index contributed by atoms with van der Waals surface area (Å²) in [6.45, 7) is 3.00. The van der Waals surface area contributed by atoms with Gasteiger partial charge in [0.1, 0.15) is 6.04 Å². The van der Waals surface area contributed by atoms with E-state index in [-0.39, 0.29) is 18.2 Å². The topological polar surface area (TPSA) is 66.5 Å². The molecule has 1 unspecified atom stereocenters. The minimum Gasteiger partial charge on any atom is -0.355 e. The van der Waals surface area contributed by atoms with Crippen LogP contribution in [-0.4, -0.2) is 48.5 Å². The third kappa shape index (κ3) is 6.31. The van der Waals surface area contributed by atoms with Crippen molar-refractivity contribution in [1.82, 2.24) is 9.62 Å². The minimum atomic E-state index is -3.44. The van der Waals surface area contributed by atoms with Crippen LogP contribution in [0.5, 0.6) is 0 Å². The van der Waals surface area contributed by atoms with Gasteiger partial charge in [-0.2, -0.15) is 16.1 Å². The van der Waals surface area contributed by atoms with Crippen LogP contribution in [0, 0.1) is 0 Å². The molecule has 0 aromatic heterocycles. The van der Waals surface area contributed by atoms with Gasteiger partial charge in [0.15, 0.2) is 0 Å². The van der Waals surface area contributed by atoms with Crippen molar-refractivity contribution in [2.75, 3.05) is 23.8 Å². The SMILES string of the molecule is CCCCCCNC(=O)C1CSCCS(=O)(=O)N1Cc1ccccc1. The van der Waals surface area contributed by atoms with Gasteiger partial charge in [-0.3, -0.25) is 4.79 Å². The van der Waals surface area contributed by atoms with E-state index in [0.29, 0.717) is 18.1 Å². The summed E-state index contributed by atoms with van der Waals surface area (Å²) in [5.41, 5.74) is 0.902. The van der Waals surface area contributed by atoms with Gasteiger partial charge in [-0.05, 0) is 12.0 Å². The van der Waals surface area contributed by atoms with E-state index in [4.69, 9.17) is 0 Å². The standard InChI is InChI=1S/C18H28N2O3S2/c1-2-3-4-8-11-19-18(21)17-15-24-12-13-25(22,23)20(17)14-16-9-6-5-7-10-16/h5-7,9-10,17H,2-4,8,11-15H2,1H3,(H,19,21). The zero-order valence-electron chi connectivity index (χ0n) is 14.8. The normalized spacial score (nSPS) is 20.8. The fourth-order valence-electron chi connectivity index (χ4n) is 2.81. The molecule has 1 amide bonds. The monoisotopic (exact) mass is 384 g/mol. The van der Waals surface area contributed by atoms with E-state index in [1.807, 2.05) is 30.3 Å². The molecule has 7 heteroatoms. The van der Waals surface area contributed by atoms with Crippen LogP contribution in [0.15, 0.2) is 30.3 Å². The Kier molecular flexibility index (Phi) is 8.26. The van der Waals surface area contributed by atoms with Crippen molar-refractivity contribution in [3.05, 3.63) is 35.9 Å². The second-order valence-corrected chi connectivity index (χ2v) is 9.48. The average Bonchev–Trinajstić information content (AvgIpc) is 2.74. The van der Waals surface area contributed by atoms with Gasteiger partial charge in [0.25, 0.3) is 0 Å². The summed E-state index contributed by atoms with van der Waals surface area (Å²) in [4.78, 5) is 12.6. The Morgan fingerprint density at radius 3 is 2.72 bits per heavy atom. The number of amides is 1. The smallest absolute Gasteiger partial charge is 0.239 e. The average molecular weight is 385 g/mol. The van der Waals surface area contributed by atoms with Gasteiger partial charge in [-0.1, -0.05) is 56.5 Å². The maximum atomic E-state index is 12.7. The molecule has 0 bridgehead atoms. The van der Waals surface area contributed by atoms with E-state index < -0.39 is 16.1 Å². The number of thioether (sulfide) groups is 1. The number of carbonyl (C=O) groups is 1. The molecule has 140 valence electrons. The molecule has 0 radical (unpaired) electrons. The van der Waals surface area contributed by atoms with E-state index in [2.05, 4.69) is 12.2 Å². The van der Waals surface area contributed by atoms with Crippen molar-refractivity contribution >= 4 is 27.7 Å². The Labute approximate surface area is 155 Å². The van der Waals surface area contributed by atoms with Crippen LogP contribution in [0.4, 0.5) is 0 Å². The van der Waals surface area contributed by atoms with Gasteiger partial charge in [0.05, 0.1) is 5.75 Å². The van der Waals surface area contributed by atoms with E-state index in [1.165, 1.54) is 16.1 Å². The highest BCUT2D eigenvalue weighted by Crippen LogP contribution is 2.22. The highest BCUT2D eigenvalue weighted by molar-refractivity contribution is 8.00. The first-order valence-electron chi connectivity index (χ1n) is 8.93. The lowest BCUT2D eigenvalue weighted by atomic mass is 10.2. The van der Waals surface area contributed by atoms with Crippen LogP contribution in [0.3, 0.4) is 0 Å². The third-order valence-corrected chi connectivity index (χ3v) is 7.40. The van der Waals surface area contributed by atoms with Crippen molar-refractivity contribution < 1.29 is 13.2 Å². The molecule has 1 heterocycles. The van der Waals surface area contributed by atoms with Crippen molar-refractivity contribution in [3.63, 3.8) is 0 Å². The van der Waals surface area contributed by atoms with Crippen molar-refractivity contribution in [3.8, 4) is 0 Å². The molecule has 2 rings (SSSR count). The zero-order chi connectivity index (χ0) is 18.1. The molecule has 1 N–H and O–H groups in total. The largest absolute Gasteiger partial charge is 0.355 e. The van der Waals surface area contributed by atoms with Gasteiger partial charge >= 0.3 is 0 Å². The minimum absolute atomic E-state index is 0.0881. The van der Waals surface area contributed by atoms with Crippen LogP contribution in [-0.2, 0) is 21.4 Å². The Hall–Kier alpha value is -1.05. The fraction of sp³-hybridized carbons (Fsp3) is 0.611. The molecule has 5 nitrogen and oxygen atoms in total. The van der Waals surface area contributed by atoms with Gasteiger partial charge in [0.2, 0.25) is 15.9 Å². The summed E-state index contributed by atoms with van der Waals surface area (Å²) >= 11 is 1.53. The Morgan fingerprint density at radius 2 is 2.00 bits per heavy atom. The van der Waals surface area contributed by atoms with Crippen molar-refractivity contribution in [2.45, 2.75) is 45.2 Å². The van der Waals surface area contributed by atoms with Crippen LogP contribution in [0.1, 0.15) is 38.2 Å². The molecule has 1 saturated heterocycles. The molecule has 0 aliphatic carbocycles. The lowest BCUT2D eigenvalue weighted by molar-refractivity contribution is -0.124. The molecule has 1 aromatic carbocycles. The lowest BCUT2D eigenvalue weighted by Crippen LogP contribution is -2.50. The third-order valence-electron chi connectivity index (χ3n) is 4.28. The summed E-state index contributed by atoms with van der Waals surface area (Å²) < 4.78 is 26.7. The molecule has 1 atom stereocenters. The first kappa shape index (κ1) is 20.3. The maximum absolute atomic E-state index is 12.7. The number of nitrogens with one attached hydrogen (secondary N) is 1. The Bertz CT molecular complexity index is 635. The van der Waals surface area contributed by atoms with Crippen LogP contribution < -0.4 is 5.32 Å². The van der Waals surface area contributed by atoms with Gasteiger partial charge in [-0.15, -0.1) is 0 Å². The Morgan fingerprint density at radius 1 is 1.24 bits per heavy atom. The van der Waals surface area contributed by atoms with E-state index in [9.17, 15) is 13.2 Å². The van der Waals surface area contributed by atoms with E-state index in [0.717, 1.165) is 31.2 Å². The number of sulfonamides is 1. The first-order valence-corrected chi connectivity index (χ1v) is 11.7. The molecule has 1 aromatic rings. The van der Waals surface area contributed by atoms with Gasteiger partial charge in [0, 0.05) is 24.6 Å². The predicted octanol–water partition coefficient (Wildman–Crippen LogP) is 2.63. The predicted molar refractivity (Wildman–Crippen MR) is 104 cm³/mol. The number of nitrogens with zero attached hydrogens (tertiary/aromatic N) is 1. The molecule has 25 heavy (non-hydrogen) atoms. The zero-order valence-corrected chi connectivity index (χ0v) is 16.4. The summed E-state index contributed by atoms with van der Waals surface area (Å²) in [5, 5.41) is 2.93. The van der Waals surface area contributed by atoms with Crippen molar-refractivity contribution in [2.24, 2.45) is 0 Å².